The van der Waals surface area contributed by atoms with Gasteiger partial charge in [-0.2, -0.15) is 0 Å². The summed E-state index contributed by atoms with van der Waals surface area (Å²) in [4.78, 5) is 29.0. The van der Waals surface area contributed by atoms with Crippen LogP contribution >= 0.6 is 0 Å². The molecule has 0 aliphatic carbocycles. The first kappa shape index (κ1) is 15.5. The number of carbonyl (C=O) groups is 2. The molecule has 2 rings (SSSR count). The van der Waals surface area contributed by atoms with Crippen molar-refractivity contribution in [3.8, 4) is 0 Å². The van der Waals surface area contributed by atoms with Crippen LogP contribution in [0.2, 0.25) is 0 Å². The molecule has 0 aromatic carbocycles. The number of likely N-dealkylation sites (tertiary alicyclic amines) is 1. The number of carbonyl (C=O) groups excluding carboxylic acids is 1. The molecular formula is C14H22N4O3. The predicted molar refractivity (Wildman–Crippen MR) is 76.8 cm³/mol. The fraction of sp³-hybridized carbons (Fsp3) is 0.643. The van der Waals surface area contributed by atoms with Crippen LogP contribution in [-0.2, 0) is 11.3 Å². The second-order valence-electron chi connectivity index (χ2n) is 5.48. The topological polar surface area (TPSA) is 101 Å². The third-order valence-corrected chi connectivity index (χ3v) is 3.81. The minimum atomic E-state index is -0.779. The number of hydrogen-bond acceptors (Lipinski definition) is 4. The van der Waals surface area contributed by atoms with E-state index < -0.39 is 5.97 Å². The highest BCUT2D eigenvalue weighted by molar-refractivity contribution is 5.92. The lowest BCUT2D eigenvalue weighted by atomic mass is 9.93. The molecule has 1 aromatic rings. The van der Waals surface area contributed by atoms with Crippen LogP contribution in [0.4, 0.5) is 0 Å². The number of hydrogen-bond donors (Lipinski definition) is 2. The van der Waals surface area contributed by atoms with Gasteiger partial charge in [0, 0.05) is 38.8 Å². The summed E-state index contributed by atoms with van der Waals surface area (Å²) < 4.78 is 1.80. The van der Waals surface area contributed by atoms with Gasteiger partial charge >= 0.3 is 5.97 Å². The molecule has 1 amide bonds. The Kier molecular flexibility index (Phi) is 5.32. The lowest BCUT2D eigenvalue weighted by Crippen LogP contribution is -2.40. The van der Waals surface area contributed by atoms with E-state index >= 15 is 0 Å². The summed E-state index contributed by atoms with van der Waals surface area (Å²) in [5.41, 5.74) is 5.91. The van der Waals surface area contributed by atoms with E-state index in [4.69, 9.17) is 10.8 Å². The van der Waals surface area contributed by atoms with Crippen LogP contribution in [0, 0.1) is 5.92 Å². The van der Waals surface area contributed by atoms with Crippen LogP contribution in [0.15, 0.2) is 12.5 Å². The van der Waals surface area contributed by atoms with Crippen LogP contribution < -0.4 is 5.73 Å². The molecule has 21 heavy (non-hydrogen) atoms. The minimum absolute atomic E-state index is 0.0780. The number of aromatic nitrogens is 2. The zero-order valence-corrected chi connectivity index (χ0v) is 12.1. The Morgan fingerprint density at radius 2 is 2.29 bits per heavy atom. The number of imidazole rings is 1. The third-order valence-electron chi connectivity index (χ3n) is 3.81. The van der Waals surface area contributed by atoms with E-state index in [0.717, 1.165) is 12.8 Å². The van der Waals surface area contributed by atoms with Gasteiger partial charge in [0.05, 0.1) is 6.33 Å². The van der Waals surface area contributed by atoms with Crippen LogP contribution in [0.1, 0.15) is 36.2 Å². The molecule has 1 aliphatic rings. The van der Waals surface area contributed by atoms with E-state index in [0.29, 0.717) is 38.3 Å². The first-order chi connectivity index (χ1) is 10.1. The van der Waals surface area contributed by atoms with Crippen LogP contribution in [-0.4, -0.2) is 51.1 Å². The van der Waals surface area contributed by atoms with Gasteiger partial charge < -0.3 is 20.3 Å². The Morgan fingerprint density at radius 1 is 1.48 bits per heavy atom. The summed E-state index contributed by atoms with van der Waals surface area (Å²) in [6.45, 7) is 2.48. The summed E-state index contributed by atoms with van der Waals surface area (Å²) in [5.74, 6) is -0.588. The van der Waals surface area contributed by atoms with Gasteiger partial charge in [-0.15, -0.1) is 0 Å². The summed E-state index contributed by atoms with van der Waals surface area (Å²) in [6.07, 6.45) is 6.03. The lowest BCUT2D eigenvalue weighted by molar-refractivity contribution is -0.137. The van der Waals surface area contributed by atoms with Crippen molar-refractivity contribution in [3.63, 3.8) is 0 Å². The SMILES string of the molecule is NCCn1cnc(C(=O)N2CCCC(CCC(=O)O)C2)c1. The van der Waals surface area contributed by atoms with Gasteiger partial charge in [0.15, 0.2) is 0 Å². The molecule has 1 aromatic heterocycles. The van der Waals surface area contributed by atoms with Crippen molar-refractivity contribution in [1.29, 1.82) is 0 Å². The van der Waals surface area contributed by atoms with Crippen LogP contribution in [0.5, 0.6) is 0 Å². The van der Waals surface area contributed by atoms with E-state index in [2.05, 4.69) is 4.98 Å². The molecule has 0 saturated carbocycles. The number of rotatable bonds is 6. The highest BCUT2D eigenvalue weighted by atomic mass is 16.4. The largest absolute Gasteiger partial charge is 0.481 e. The fourth-order valence-electron chi connectivity index (χ4n) is 2.72. The highest BCUT2D eigenvalue weighted by Gasteiger charge is 2.25. The van der Waals surface area contributed by atoms with Crippen molar-refractivity contribution in [2.45, 2.75) is 32.2 Å². The monoisotopic (exact) mass is 294 g/mol. The fourth-order valence-corrected chi connectivity index (χ4v) is 2.72. The van der Waals surface area contributed by atoms with Crippen LogP contribution in [0.25, 0.3) is 0 Å². The maximum Gasteiger partial charge on any atom is 0.303 e. The van der Waals surface area contributed by atoms with Gasteiger partial charge in [0.2, 0.25) is 0 Å². The molecule has 1 atom stereocenters. The first-order valence-corrected chi connectivity index (χ1v) is 7.33. The van der Waals surface area contributed by atoms with Crippen molar-refractivity contribution < 1.29 is 14.7 Å². The van der Waals surface area contributed by atoms with E-state index in [1.807, 2.05) is 0 Å². The molecule has 2 heterocycles. The Balaban J connectivity index is 1.93. The van der Waals surface area contributed by atoms with Crippen LogP contribution in [0.3, 0.4) is 0 Å². The van der Waals surface area contributed by atoms with Crippen molar-refractivity contribution >= 4 is 11.9 Å². The molecule has 7 nitrogen and oxygen atoms in total. The standard InChI is InChI=1S/C14H22N4O3/c15-5-7-17-9-12(16-10-17)14(21)18-6-1-2-11(8-18)3-4-13(19)20/h9-11H,1-8,15H2,(H,19,20). The van der Waals surface area contributed by atoms with E-state index in [9.17, 15) is 9.59 Å². The number of amides is 1. The van der Waals surface area contributed by atoms with Gasteiger partial charge in [-0.3, -0.25) is 9.59 Å². The third kappa shape index (κ3) is 4.29. The smallest absolute Gasteiger partial charge is 0.303 e. The zero-order chi connectivity index (χ0) is 15.2. The molecule has 1 fully saturated rings. The maximum absolute atomic E-state index is 12.4. The number of carboxylic acids is 1. The second-order valence-corrected chi connectivity index (χ2v) is 5.48. The second kappa shape index (κ2) is 7.21. The lowest BCUT2D eigenvalue weighted by Gasteiger charge is -2.32. The van der Waals surface area contributed by atoms with E-state index in [1.54, 1.807) is 22.0 Å². The van der Waals surface area contributed by atoms with Crippen molar-refractivity contribution in [2.24, 2.45) is 11.7 Å². The van der Waals surface area contributed by atoms with E-state index in [-0.39, 0.29) is 18.2 Å². The average molecular weight is 294 g/mol. The molecule has 3 N–H and O–H groups in total. The molecule has 0 spiro atoms. The van der Waals surface area contributed by atoms with Gasteiger partial charge in [0.25, 0.3) is 5.91 Å². The number of nitrogens with two attached hydrogens (primary N) is 1. The minimum Gasteiger partial charge on any atom is -0.481 e. The number of nitrogens with zero attached hydrogens (tertiary/aromatic N) is 3. The molecule has 0 radical (unpaired) electrons. The Bertz CT molecular complexity index is 500. The zero-order valence-electron chi connectivity index (χ0n) is 12.1. The molecule has 1 aliphatic heterocycles. The number of piperidine rings is 1. The Morgan fingerprint density at radius 3 is 3.00 bits per heavy atom. The Hall–Kier alpha value is -1.89. The van der Waals surface area contributed by atoms with E-state index in [1.165, 1.54) is 0 Å². The average Bonchev–Trinajstić information content (AvgIpc) is 2.94. The van der Waals surface area contributed by atoms with Crippen molar-refractivity contribution in [3.05, 3.63) is 18.2 Å². The number of carboxylic acid groups (broad SMARTS) is 1. The summed E-state index contributed by atoms with van der Waals surface area (Å²) >= 11 is 0. The summed E-state index contributed by atoms with van der Waals surface area (Å²) in [5, 5.41) is 8.75. The predicted octanol–water partition coefficient (Wildman–Crippen LogP) is 0.559. The normalized spacial score (nSPS) is 18.7. The van der Waals surface area contributed by atoms with Gasteiger partial charge in [-0.05, 0) is 25.2 Å². The molecule has 7 heteroatoms. The van der Waals surface area contributed by atoms with Crippen molar-refractivity contribution in [2.75, 3.05) is 19.6 Å². The number of aliphatic carboxylic acids is 1. The molecule has 0 bridgehead atoms. The van der Waals surface area contributed by atoms with Gasteiger partial charge in [-0.25, -0.2) is 4.98 Å². The molecular weight excluding hydrogens is 272 g/mol. The molecule has 116 valence electrons. The Labute approximate surface area is 123 Å². The van der Waals surface area contributed by atoms with Crippen molar-refractivity contribution in [1.82, 2.24) is 14.5 Å². The van der Waals surface area contributed by atoms with Gasteiger partial charge in [0.1, 0.15) is 5.69 Å². The summed E-state index contributed by atoms with van der Waals surface area (Å²) in [7, 11) is 0. The first-order valence-electron chi connectivity index (χ1n) is 7.33. The molecule has 1 saturated heterocycles. The molecule has 1 unspecified atom stereocenters. The maximum atomic E-state index is 12.4. The highest BCUT2D eigenvalue weighted by Crippen LogP contribution is 2.22. The quantitative estimate of drug-likeness (QED) is 0.798. The van der Waals surface area contributed by atoms with Gasteiger partial charge in [-0.1, -0.05) is 0 Å². The summed E-state index contributed by atoms with van der Waals surface area (Å²) in [6, 6.07) is 0.